The quantitative estimate of drug-likeness (QED) is 0.197. The maximum absolute atomic E-state index is 12.7. The molecule has 9 nitrogen and oxygen atoms in total. The lowest BCUT2D eigenvalue weighted by Gasteiger charge is -2.28. The molecule has 15 heteroatoms. The summed E-state index contributed by atoms with van der Waals surface area (Å²) in [5.41, 5.74) is 4.09. The number of benzene rings is 1. The van der Waals surface area contributed by atoms with Crippen LogP contribution in [0.15, 0.2) is 12.1 Å². The summed E-state index contributed by atoms with van der Waals surface area (Å²) in [6.45, 7) is -0.211. The molecule has 1 aliphatic heterocycles. The summed E-state index contributed by atoms with van der Waals surface area (Å²) in [5.74, 6) is -9.70. The summed E-state index contributed by atoms with van der Waals surface area (Å²) in [5, 5.41) is 10.1. The van der Waals surface area contributed by atoms with Crippen molar-refractivity contribution in [3.63, 3.8) is 0 Å². The van der Waals surface area contributed by atoms with E-state index in [2.05, 4.69) is 14.8 Å². The fourth-order valence-corrected chi connectivity index (χ4v) is 2.47. The normalized spacial score (nSPS) is 14.9. The van der Waals surface area contributed by atoms with Crippen LogP contribution < -0.4 is 20.5 Å². The smallest absolute Gasteiger partial charge is 0.415 e. The van der Waals surface area contributed by atoms with E-state index in [1.165, 1.54) is 0 Å². The SMILES string of the molecule is N=C(N)c1ccc(CN2CCNCC2=O)c(OC(=O)C(F)(F)F)c1OC(=O)C(F)(F)F. The Labute approximate surface area is 169 Å². The number of amides is 1. The van der Waals surface area contributed by atoms with Crippen molar-refractivity contribution in [2.75, 3.05) is 19.6 Å². The number of nitrogens with zero attached hydrogens (tertiary/aromatic N) is 1. The zero-order chi connectivity index (χ0) is 23.6. The highest BCUT2D eigenvalue weighted by molar-refractivity contribution is 6.00. The number of carbonyl (C=O) groups is 3. The third-order valence-electron chi connectivity index (χ3n) is 3.88. The molecule has 0 saturated carbocycles. The Hall–Kier alpha value is -3.36. The van der Waals surface area contributed by atoms with Crippen LogP contribution in [0.2, 0.25) is 0 Å². The van der Waals surface area contributed by atoms with Gasteiger partial charge in [-0.1, -0.05) is 6.07 Å². The summed E-state index contributed by atoms with van der Waals surface area (Å²) >= 11 is 0. The minimum Gasteiger partial charge on any atom is -0.415 e. The lowest BCUT2D eigenvalue weighted by atomic mass is 10.1. The Morgan fingerprint density at radius 3 is 2.10 bits per heavy atom. The van der Waals surface area contributed by atoms with Gasteiger partial charge in [0.15, 0.2) is 11.5 Å². The van der Waals surface area contributed by atoms with Gasteiger partial charge in [0.05, 0.1) is 12.1 Å². The molecule has 4 N–H and O–H groups in total. The van der Waals surface area contributed by atoms with E-state index >= 15 is 0 Å². The largest absolute Gasteiger partial charge is 0.491 e. The molecule has 1 amide bonds. The van der Waals surface area contributed by atoms with E-state index in [0.29, 0.717) is 6.54 Å². The second-order valence-corrected chi connectivity index (χ2v) is 6.11. The molecule has 0 radical (unpaired) electrons. The molecule has 0 bridgehead atoms. The van der Waals surface area contributed by atoms with Gasteiger partial charge in [-0.15, -0.1) is 0 Å². The van der Waals surface area contributed by atoms with Crippen molar-refractivity contribution in [3.8, 4) is 11.5 Å². The van der Waals surface area contributed by atoms with Gasteiger partial charge >= 0.3 is 24.3 Å². The molecule has 1 aliphatic rings. The second kappa shape index (κ2) is 8.79. The summed E-state index contributed by atoms with van der Waals surface area (Å²) in [6.07, 6.45) is -11.1. The maximum atomic E-state index is 12.7. The summed E-state index contributed by atoms with van der Waals surface area (Å²) in [4.78, 5) is 35.7. The highest BCUT2D eigenvalue weighted by atomic mass is 19.4. The van der Waals surface area contributed by atoms with Crippen LogP contribution in [-0.2, 0) is 20.9 Å². The summed E-state index contributed by atoms with van der Waals surface area (Å²) in [7, 11) is 0. The van der Waals surface area contributed by atoms with Crippen molar-refractivity contribution in [3.05, 3.63) is 23.3 Å². The first kappa shape index (κ1) is 23.9. The number of esters is 2. The molecule has 0 aliphatic carbocycles. The highest BCUT2D eigenvalue weighted by Gasteiger charge is 2.45. The number of nitrogens with one attached hydrogen (secondary N) is 2. The first-order valence-corrected chi connectivity index (χ1v) is 8.28. The van der Waals surface area contributed by atoms with Crippen LogP contribution in [0.3, 0.4) is 0 Å². The predicted octanol–water partition coefficient (Wildman–Crippen LogP) is 0.838. The Bertz CT molecular complexity index is 915. The molecule has 170 valence electrons. The number of hydrogen-bond donors (Lipinski definition) is 3. The maximum Gasteiger partial charge on any atom is 0.491 e. The number of ether oxygens (including phenoxy) is 2. The molecular formula is C16H14F6N4O5. The number of nitrogens with two attached hydrogens (primary N) is 1. The van der Waals surface area contributed by atoms with Crippen molar-refractivity contribution in [1.82, 2.24) is 10.2 Å². The van der Waals surface area contributed by atoms with Crippen molar-refractivity contribution < 1.29 is 50.2 Å². The zero-order valence-corrected chi connectivity index (χ0v) is 15.3. The van der Waals surface area contributed by atoms with Gasteiger partial charge < -0.3 is 25.4 Å². The molecule has 2 rings (SSSR count). The Morgan fingerprint density at radius 1 is 1.06 bits per heavy atom. The molecule has 1 heterocycles. The number of amidine groups is 1. The van der Waals surface area contributed by atoms with Crippen LogP contribution in [0.25, 0.3) is 0 Å². The van der Waals surface area contributed by atoms with Gasteiger partial charge in [0.1, 0.15) is 5.84 Å². The van der Waals surface area contributed by atoms with Crippen LogP contribution in [-0.4, -0.2) is 60.6 Å². The molecule has 31 heavy (non-hydrogen) atoms. The van der Waals surface area contributed by atoms with Gasteiger partial charge in [0, 0.05) is 25.2 Å². The number of nitrogen functional groups attached to an aromatic ring is 1. The first-order chi connectivity index (χ1) is 14.2. The second-order valence-electron chi connectivity index (χ2n) is 6.11. The van der Waals surface area contributed by atoms with Gasteiger partial charge in [0.2, 0.25) is 5.91 Å². The number of rotatable bonds is 5. The molecule has 1 saturated heterocycles. The fraction of sp³-hybridized carbons (Fsp3) is 0.375. The lowest BCUT2D eigenvalue weighted by Crippen LogP contribution is -2.47. The Balaban J connectivity index is 2.61. The van der Waals surface area contributed by atoms with Crippen molar-refractivity contribution in [1.29, 1.82) is 5.41 Å². The molecule has 0 atom stereocenters. The van der Waals surface area contributed by atoms with E-state index in [4.69, 9.17) is 11.1 Å². The van der Waals surface area contributed by atoms with Crippen molar-refractivity contribution in [2.45, 2.75) is 18.9 Å². The van der Waals surface area contributed by atoms with Crippen LogP contribution in [0, 0.1) is 5.41 Å². The van der Waals surface area contributed by atoms with Crippen molar-refractivity contribution in [2.24, 2.45) is 5.73 Å². The summed E-state index contributed by atoms with van der Waals surface area (Å²) in [6, 6.07) is 1.87. The van der Waals surface area contributed by atoms with E-state index in [1.807, 2.05) is 0 Å². The highest BCUT2D eigenvalue weighted by Crippen LogP contribution is 2.38. The predicted molar refractivity (Wildman–Crippen MR) is 89.1 cm³/mol. The van der Waals surface area contributed by atoms with E-state index in [1.54, 1.807) is 0 Å². The Morgan fingerprint density at radius 2 is 1.61 bits per heavy atom. The molecule has 1 aromatic rings. The van der Waals surface area contributed by atoms with Gasteiger partial charge in [0.25, 0.3) is 0 Å². The van der Waals surface area contributed by atoms with Crippen LogP contribution in [0.1, 0.15) is 11.1 Å². The molecule has 1 aromatic carbocycles. The molecular weight excluding hydrogens is 442 g/mol. The van der Waals surface area contributed by atoms with Gasteiger partial charge in [-0.2, -0.15) is 26.3 Å². The average molecular weight is 456 g/mol. The van der Waals surface area contributed by atoms with E-state index < -0.39 is 59.6 Å². The third kappa shape index (κ3) is 5.84. The molecule has 0 aromatic heterocycles. The van der Waals surface area contributed by atoms with Crippen LogP contribution in [0.5, 0.6) is 11.5 Å². The lowest BCUT2D eigenvalue weighted by molar-refractivity contribution is -0.191. The molecule has 0 unspecified atom stereocenters. The Kier molecular flexibility index (Phi) is 6.78. The number of alkyl halides is 6. The zero-order valence-electron chi connectivity index (χ0n) is 15.3. The topological polar surface area (TPSA) is 135 Å². The average Bonchev–Trinajstić information content (AvgIpc) is 2.63. The van der Waals surface area contributed by atoms with E-state index in [0.717, 1.165) is 17.0 Å². The minimum absolute atomic E-state index is 0.0810. The van der Waals surface area contributed by atoms with Crippen LogP contribution >= 0.6 is 0 Å². The van der Waals surface area contributed by atoms with E-state index in [-0.39, 0.29) is 18.7 Å². The number of piperazine rings is 1. The summed E-state index contributed by atoms with van der Waals surface area (Å²) < 4.78 is 84.5. The van der Waals surface area contributed by atoms with Gasteiger partial charge in [-0.3, -0.25) is 10.2 Å². The van der Waals surface area contributed by atoms with Crippen LogP contribution in [0.4, 0.5) is 26.3 Å². The monoisotopic (exact) mass is 456 g/mol. The third-order valence-corrected chi connectivity index (χ3v) is 3.88. The van der Waals surface area contributed by atoms with Gasteiger partial charge in [-0.05, 0) is 6.07 Å². The molecule has 1 fully saturated rings. The number of carbonyl (C=O) groups excluding carboxylic acids is 3. The number of halogens is 6. The minimum atomic E-state index is -5.57. The molecule has 0 spiro atoms. The number of hydrogen-bond acceptors (Lipinski definition) is 7. The van der Waals surface area contributed by atoms with E-state index in [9.17, 15) is 40.7 Å². The van der Waals surface area contributed by atoms with Gasteiger partial charge in [-0.25, -0.2) is 9.59 Å². The van der Waals surface area contributed by atoms with Crippen molar-refractivity contribution >= 4 is 23.7 Å². The first-order valence-electron chi connectivity index (χ1n) is 8.28. The standard InChI is InChI=1S/C16H14F6N4O5/c17-15(18,19)13(28)30-10-7(6-26-4-3-25-5-9(26)27)1-2-8(12(23)24)11(10)31-14(29)16(20,21)22/h1-2,25H,3-6H2,(H3,23,24). The fourth-order valence-electron chi connectivity index (χ4n) is 2.47.